The van der Waals surface area contributed by atoms with E-state index in [1.165, 1.54) is 10.5 Å². The number of benzene rings is 1. The van der Waals surface area contributed by atoms with E-state index in [1.807, 2.05) is 18.2 Å². The van der Waals surface area contributed by atoms with Gasteiger partial charge in [-0.05, 0) is 32.0 Å². The SMILES string of the molecule is CCN(c1ccccc1)S(=O)(=O)c1ccc(NC[C@@H](C)O)[nH+]c1. The van der Waals surface area contributed by atoms with Crippen LogP contribution >= 0.6 is 0 Å². The number of aromatic nitrogens is 1. The summed E-state index contributed by atoms with van der Waals surface area (Å²) in [4.78, 5) is 3.09. The first kappa shape index (κ1) is 17.2. The van der Waals surface area contributed by atoms with Crippen molar-refractivity contribution in [2.45, 2.75) is 24.8 Å². The predicted molar refractivity (Wildman–Crippen MR) is 89.8 cm³/mol. The van der Waals surface area contributed by atoms with Gasteiger partial charge in [0.25, 0.3) is 15.8 Å². The van der Waals surface area contributed by atoms with Gasteiger partial charge in [0.05, 0.1) is 11.8 Å². The molecule has 1 heterocycles. The Balaban J connectivity index is 2.24. The van der Waals surface area contributed by atoms with Crippen molar-refractivity contribution < 1.29 is 18.5 Å². The van der Waals surface area contributed by atoms with Crippen LogP contribution in [-0.4, -0.2) is 32.7 Å². The monoisotopic (exact) mass is 336 g/mol. The molecule has 0 amide bonds. The average Bonchev–Trinajstić information content (AvgIpc) is 2.55. The Bertz CT molecular complexity index is 716. The zero-order valence-corrected chi connectivity index (χ0v) is 14.0. The van der Waals surface area contributed by atoms with Crippen molar-refractivity contribution in [2.24, 2.45) is 0 Å². The van der Waals surface area contributed by atoms with Crippen molar-refractivity contribution >= 4 is 21.5 Å². The summed E-state index contributed by atoms with van der Waals surface area (Å²) in [5.74, 6) is 0.646. The molecule has 1 aromatic carbocycles. The van der Waals surface area contributed by atoms with Crippen molar-refractivity contribution in [3.63, 3.8) is 0 Å². The second-order valence-corrected chi connectivity index (χ2v) is 7.04. The van der Waals surface area contributed by atoms with Crippen LogP contribution in [0.25, 0.3) is 0 Å². The van der Waals surface area contributed by atoms with E-state index in [-0.39, 0.29) is 4.90 Å². The zero-order valence-electron chi connectivity index (χ0n) is 13.2. The summed E-state index contributed by atoms with van der Waals surface area (Å²) in [6, 6.07) is 12.2. The molecule has 1 aromatic heterocycles. The van der Waals surface area contributed by atoms with Crippen LogP contribution in [0, 0.1) is 0 Å². The van der Waals surface area contributed by atoms with Gasteiger partial charge in [-0.3, -0.25) is 9.62 Å². The number of aliphatic hydroxyl groups excluding tert-OH is 1. The molecule has 124 valence electrons. The van der Waals surface area contributed by atoms with Gasteiger partial charge in [0.15, 0.2) is 0 Å². The molecule has 0 radical (unpaired) electrons. The second kappa shape index (κ2) is 7.43. The second-order valence-electron chi connectivity index (χ2n) is 5.17. The molecule has 0 aliphatic rings. The third-order valence-corrected chi connectivity index (χ3v) is 5.19. The summed E-state index contributed by atoms with van der Waals surface area (Å²) >= 11 is 0. The normalized spacial score (nSPS) is 12.7. The highest BCUT2D eigenvalue weighted by Gasteiger charge is 2.24. The molecule has 0 spiro atoms. The minimum atomic E-state index is -3.63. The maximum Gasteiger partial charge on any atom is 0.272 e. The lowest BCUT2D eigenvalue weighted by molar-refractivity contribution is -0.364. The summed E-state index contributed by atoms with van der Waals surface area (Å²) in [5.41, 5.74) is 0.631. The Morgan fingerprint density at radius 2 is 1.91 bits per heavy atom. The first-order valence-corrected chi connectivity index (χ1v) is 8.90. The topological polar surface area (TPSA) is 83.8 Å². The highest BCUT2D eigenvalue weighted by Crippen LogP contribution is 2.22. The van der Waals surface area contributed by atoms with Gasteiger partial charge in [-0.25, -0.2) is 13.4 Å². The molecular weight excluding hydrogens is 314 g/mol. The molecule has 23 heavy (non-hydrogen) atoms. The molecule has 0 fully saturated rings. The van der Waals surface area contributed by atoms with Crippen LogP contribution in [-0.2, 0) is 10.0 Å². The molecule has 0 unspecified atom stereocenters. The number of pyridine rings is 1. The van der Waals surface area contributed by atoms with Gasteiger partial charge in [-0.1, -0.05) is 18.2 Å². The number of hydrogen-bond donors (Lipinski definition) is 2. The molecule has 0 saturated heterocycles. The van der Waals surface area contributed by atoms with E-state index in [0.717, 1.165) is 0 Å². The Kier molecular flexibility index (Phi) is 5.57. The minimum Gasteiger partial charge on any atom is -0.389 e. The Labute approximate surface area is 136 Å². The van der Waals surface area contributed by atoms with Crippen molar-refractivity contribution in [3.05, 3.63) is 48.7 Å². The largest absolute Gasteiger partial charge is 0.389 e. The average molecular weight is 336 g/mol. The molecule has 0 bridgehead atoms. The van der Waals surface area contributed by atoms with Crippen molar-refractivity contribution in [3.8, 4) is 0 Å². The van der Waals surface area contributed by atoms with Gasteiger partial charge in [-0.15, -0.1) is 0 Å². The summed E-state index contributed by atoms with van der Waals surface area (Å²) in [6.45, 7) is 4.19. The van der Waals surface area contributed by atoms with Gasteiger partial charge in [0, 0.05) is 12.6 Å². The van der Waals surface area contributed by atoms with Crippen LogP contribution in [0.15, 0.2) is 53.6 Å². The lowest BCUT2D eigenvalue weighted by atomic mass is 10.3. The molecule has 3 N–H and O–H groups in total. The number of aliphatic hydroxyl groups is 1. The number of anilines is 2. The molecule has 0 aliphatic heterocycles. The molecule has 7 heteroatoms. The van der Waals surface area contributed by atoms with Crippen LogP contribution in [0.2, 0.25) is 0 Å². The van der Waals surface area contributed by atoms with Gasteiger partial charge in [-0.2, -0.15) is 0 Å². The minimum absolute atomic E-state index is 0.186. The number of H-pyrrole nitrogens is 1. The van der Waals surface area contributed by atoms with E-state index < -0.39 is 16.1 Å². The number of hydrogen-bond acceptors (Lipinski definition) is 4. The van der Waals surface area contributed by atoms with E-state index in [4.69, 9.17) is 0 Å². The van der Waals surface area contributed by atoms with Crippen molar-refractivity contribution in [1.29, 1.82) is 0 Å². The molecule has 0 saturated carbocycles. The van der Waals surface area contributed by atoms with Crippen molar-refractivity contribution in [2.75, 3.05) is 22.7 Å². The van der Waals surface area contributed by atoms with Crippen LogP contribution in [0.3, 0.4) is 0 Å². The molecule has 0 aliphatic carbocycles. The Morgan fingerprint density at radius 3 is 2.43 bits per heavy atom. The summed E-state index contributed by atoms with van der Waals surface area (Å²) in [7, 11) is -3.63. The van der Waals surface area contributed by atoms with Crippen LogP contribution in [0.1, 0.15) is 13.8 Å². The fourth-order valence-corrected chi connectivity index (χ4v) is 3.59. The third-order valence-electron chi connectivity index (χ3n) is 3.29. The van der Waals surface area contributed by atoms with E-state index >= 15 is 0 Å². The van der Waals surface area contributed by atoms with E-state index in [2.05, 4.69) is 10.3 Å². The standard InChI is InChI=1S/C16H21N3O3S/c1-3-19(14-7-5-4-6-8-14)23(21,22)15-9-10-16(18-12-15)17-11-13(2)20/h4-10,12-13,20H,3,11H2,1-2H3,(H,17,18)/p+1/t13-/m1/s1. The lowest BCUT2D eigenvalue weighted by Crippen LogP contribution is -2.31. The quantitative estimate of drug-likeness (QED) is 0.803. The van der Waals surface area contributed by atoms with Crippen LogP contribution in [0.4, 0.5) is 11.5 Å². The molecule has 6 nitrogen and oxygen atoms in total. The Hall–Kier alpha value is -2.12. The van der Waals surface area contributed by atoms with E-state index in [1.54, 1.807) is 38.1 Å². The predicted octanol–water partition coefficient (Wildman–Crippen LogP) is 1.51. The van der Waals surface area contributed by atoms with Crippen LogP contribution < -0.4 is 14.6 Å². The van der Waals surface area contributed by atoms with Gasteiger partial charge in [0.2, 0.25) is 0 Å². The molecule has 2 rings (SSSR count). The number of nitrogens with zero attached hydrogens (tertiary/aromatic N) is 1. The number of sulfonamides is 1. The van der Waals surface area contributed by atoms with E-state index in [9.17, 15) is 13.5 Å². The first-order chi connectivity index (χ1) is 10.9. The highest BCUT2D eigenvalue weighted by atomic mass is 32.2. The van der Waals surface area contributed by atoms with Crippen molar-refractivity contribution in [1.82, 2.24) is 0 Å². The number of nitrogens with one attached hydrogen (secondary N) is 2. The van der Waals surface area contributed by atoms with Gasteiger partial charge >= 0.3 is 0 Å². The fourth-order valence-electron chi connectivity index (χ4n) is 2.15. The molecule has 1 atom stereocenters. The van der Waals surface area contributed by atoms with Crippen LogP contribution in [0.5, 0.6) is 0 Å². The lowest BCUT2D eigenvalue weighted by Gasteiger charge is -2.22. The smallest absolute Gasteiger partial charge is 0.272 e. The first-order valence-electron chi connectivity index (χ1n) is 7.46. The zero-order chi connectivity index (χ0) is 16.9. The third kappa shape index (κ3) is 4.20. The fraction of sp³-hybridized carbons (Fsp3) is 0.312. The summed E-state index contributed by atoms with van der Waals surface area (Å²) in [5, 5.41) is 12.2. The summed E-state index contributed by atoms with van der Waals surface area (Å²) < 4.78 is 26.9. The molecule has 2 aromatic rings. The highest BCUT2D eigenvalue weighted by molar-refractivity contribution is 7.92. The van der Waals surface area contributed by atoms with E-state index in [0.29, 0.717) is 24.6 Å². The van der Waals surface area contributed by atoms with Gasteiger partial charge in [0.1, 0.15) is 17.6 Å². The Morgan fingerprint density at radius 1 is 1.22 bits per heavy atom. The summed E-state index contributed by atoms with van der Waals surface area (Å²) in [6.07, 6.45) is 0.964. The van der Waals surface area contributed by atoms with Gasteiger partial charge < -0.3 is 5.11 Å². The maximum atomic E-state index is 12.8. The maximum absolute atomic E-state index is 12.8. The number of rotatable bonds is 7. The number of para-hydroxylation sites is 1. The number of aromatic amines is 1. The molecular formula is C16H22N3O3S+.